The molecular formula is C29H24ClNO11. The molecule has 4 atom stereocenters. The second kappa shape index (κ2) is 9.21. The van der Waals surface area contributed by atoms with Crippen LogP contribution >= 0.6 is 11.6 Å². The largest absolute Gasteiger partial charge is 0.506 e. The van der Waals surface area contributed by atoms with Crippen LogP contribution in [0.1, 0.15) is 45.4 Å². The topological polar surface area (TPSA) is 157 Å². The molecule has 1 aromatic heterocycles. The van der Waals surface area contributed by atoms with Crippen LogP contribution in [0.3, 0.4) is 0 Å². The zero-order valence-corrected chi connectivity index (χ0v) is 23.4. The number of amides is 1. The minimum Gasteiger partial charge on any atom is -0.506 e. The van der Waals surface area contributed by atoms with E-state index in [-0.39, 0.29) is 73.1 Å². The van der Waals surface area contributed by atoms with Gasteiger partial charge < -0.3 is 48.3 Å². The number of halogens is 1. The number of aromatic hydroxyl groups is 2. The van der Waals surface area contributed by atoms with Crippen LogP contribution in [-0.2, 0) is 14.2 Å². The molecule has 13 heteroatoms. The van der Waals surface area contributed by atoms with Crippen molar-refractivity contribution in [1.82, 2.24) is 4.90 Å². The summed E-state index contributed by atoms with van der Waals surface area (Å²) >= 11 is 6.29. The van der Waals surface area contributed by atoms with Gasteiger partial charge in [0.15, 0.2) is 35.7 Å². The number of rotatable bonds is 3. The average molecular weight is 614 g/mol. The lowest BCUT2D eigenvalue weighted by atomic mass is 9.77. The van der Waals surface area contributed by atoms with E-state index in [1.807, 2.05) is 0 Å². The number of aliphatic hydroxyl groups is 1. The summed E-state index contributed by atoms with van der Waals surface area (Å²) in [6.07, 6.45) is -4.10. The molecule has 0 radical (unpaired) electrons. The highest BCUT2D eigenvalue weighted by Crippen LogP contribution is 2.61. The van der Waals surface area contributed by atoms with Crippen molar-refractivity contribution < 1.29 is 48.2 Å². The molecule has 1 amide bonds. The third kappa shape index (κ3) is 3.21. The lowest BCUT2D eigenvalue weighted by molar-refractivity contribution is -0.121. The van der Waals surface area contributed by atoms with Gasteiger partial charge in [0, 0.05) is 43.5 Å². The number of carbonyl (C=O) groups is 1. The molecule has 0 bridgehead atoms. The van der Waals surface area contributed by atoms with Crippen molar-refractivity contribution in [3.8, 4) is 34.1 Å². The molecule has 0 saturated heterocycles. The van der Waals surface area contributed by atoms with Crippen LogP contribution in [-0.4, -0.2) is 67.5 Å². The van der Waals surface area contributed by atoms with Gasteiger partial charge in [-0.15, -0.1) is 0 Å². The second-order valence-corrected chi connectivity index (χ2v) is 10.6. The van der Waals surface area contributed by atoms with Crippen molar-refractivity contribution in [1.29, 1.82) is 0 Å². The summed E-state index contributed by atoms with van der Waals surface area (Å²) in [5.41, 5.74) is -0.0907. The van der Waals surface area contributed by atoms with E-state index >= 15 is 0 Å². The predicted octanol–water partition coefficient (Wildman–Crippen LogP) is 3.89. The zero-order chi connectivity index (χ0) is 29.8. The molecule has 0 spiro atoms. The zero-order valence-electron chi connectivity index (χ0n) is 22.7. The number of benzene rings is 3. The summed E-state index contributed by atoms with van der Waals surface area (Å²) < 4.78 is 34.6. The number of phenolic OH excluding ortho intramolecular Hbond substituents is 2. The maximum Gasteiger partial charge on any atom is 0.259 e. The molecule has 0 fully saturated rings. The van der Waals surface area contributed by atoms with Crippen LogP contribution in [0.15, 0.2) is 27.4 Å². The van der Waals surface area contributed by atoms with Gasteiger partial charge in [-0.25, -0.2) is 0 Å². The highest BCUT2D eigenvalue weighted by Gasteiger charge is 2.48. The van der Waals surface area contributed by atoms with E-state index in [0.29, 0.717) is 5.56 Å². The van der Waals surface area contributed by atoms with Crippen LogP contribution in [0.2, 0.25) is 5.02 Å². The molecular weight excluding hydrogens is 590 g/mol. The molecule has 3 heterocycles. The molecule has 2 aliphatic heterocycles. The Morgan fingerprint density at radius 3 is 2.62 bits per heavy atom. The first kappa shape index (κ1) is 26.8. The van der Waals surface area contributed by atoms with Crippen molar-refractivity contribution in [2.75, 3.05) is 35.2 Å². The standard InChI is InChI=1S/C29H24ClNO11/c1-31-28(36)14-10(19(33)29(31)39-4)7-11-13(20(14)34)15-16-25(22(11)37-2)40-8-41-26(16)27-17(21(15)35)18(32)9-5-6-12(30)24(38-3)23(9)42-27/h5-7,19,22,25,29,33-35H,8H2,1-4H3/t19-,22+,25-,29-/m0/s1/i32+2,33+2,35+2,37+2,39+2,40+2,41+2,42+2. The Hall–Kier alpha value is -4.07. The van der Waals surface area contributed by atoms with Crippen LogP contribution in [0, 0.1) is 0 Å². The number of carbonyl (C=O) groups excluding carboxylic acids is 1. The highest BCUT2D eigenvalue weighted by molar-refractivity contribution is 6.33. The van der Waals surface area contributed by atoms with Gasteiger partial charge in [-0.2, -0.15) is 0 Å². The fraction of sp³-hybridized carbons (Fsp3) is 0.310. The summed E-state index contributed by atoms with van der Waals surface area (Å²) in [6.45, 7) is -0.255. The van der Waals surface area contributed by atoms with Crippen molar-refractivity contribution in [3.63, 3.8) is 0 Å². The Kier molecular flexibility index (Phi) is 5.88. The number of phenols is 2. The molecule has 7 rings (SSSR count). The predicted molar refractivity (Wildman–Crippen MR) is 147 cm³/mol. The van der Waals surface area contributed by atoms with E-state index in [0.717, 1.165) is 0 Å². The number of hydrogen-bond donors (Lipinski definition) is 3. The number of hydrogen-bond acceptors (Lipinski definition) is 11. The Balaban J connectivity index is 1.65. The van der Waals surface area contributed by atoms with E-state index in [9.17, 15) is 24.9 Å². The van der Waals surface area contributed by atoms with Crippen LogP contribution in [0.5, 0.6) is 23.0 Å². The first-order valence-electron chi connectivity index (χ1n) is 12.8. The first-order valence-corrected chi connectivity index (χ1v) is 13.2. The minimum atomic E-state index is -1.31. The first-order chi connectivity index (χ1) is 20.2. The van der Waals surface area contributed by atoms with Crippen molar-refractivity contribution in [2.45, 2.75) is 24.5 Å². The molecule has 218 valence electrons. The maximum absolute atomic E-state index is 13.9. The van der Waals surface area contributed by atoms with Gasteiger partial charge in [0.1, 0.15) is 35.2 Å². The van der Waals surface area contributed by atoms with Gasteiger partial charge in [0.25, 0.3) is 5.91 Å². The normalized spacial score (nSPS) is 22.5. The summed E-state index contributed by atoms with van der Waals surface area (Å²) in [5, 5.41) is 34.7. The van der Waals surface area contributed by atoms with Gasteiger partial charge in [-0.05, 0) is 23.8 Å². The number of likely N-dealkylation sites (N-methyl/N-ethyl adjacent to an activating group) is 1. The highest BCUT2D eigenvalue weighted by atomic mass is 35.5. The van der Waals surface area contributed by atoms with Crippen molar-refractivity contribution >= 4 is 39.4 Å². The SMILES string of the molecule is COc1c(Cl)ccc2c(=[18O])c3c([18OH])c4c5c(c3[18o]c12)[18O]C[18O][C@@H]5[C@H]([18O]C)c1cc2c(c(O)c1-4)C(=O)N(C)[C@@H]([18O]C)[C@H]2[18OH]. The lowest BCUT2D eigenvalue weighted by Gasteiger charge is -2.41. The third-order valence-electron chi connectivity index (χ3n) is 8.29. The number of nitrogens with zero attached hydrogens (tertiary/aromatic N) is 1. The second-order valence-electron chi connectivity index (χ2n) is 10.2. The van der Waals surface area contributed by atoms with Gasteiger partial charge >= 0.3 is 0 Å². The molecule has 4 aromatic rings. The number of fused-ring (bicyclic) bond motifs is 6. The Morgan fingerprint density at radius 2 is 1.93 bits per heavy atom. The lowest BCUT2D eigenvalue weighted by Crippen LogP contribution is -2.47. The van der Waals surface area contributed by atoms with E-state index in [1.165, 1.54) is 51.5 Å². The maximum atomic E-state index is 13.9. The fourth-order valence-corrected chi connectivity index (χ4v) is 6.66. The number of aliphatic hydroxyl groups excluding tert-OH is 1. The van der Waals surface area contributed by atoms with E-state index in [1.54, 1.807) is 0 Å². The molecule has 1 aliphatic carbocycles. The Labute approximate surface area is 242 Å². The van der Waals surface area contributed by atoms with Gasteiger partial charge in [-0.1, -0.05) is 11.6 Å². The van der Waals surface area contributed by atoms with Crippen LogP contribution < -0.4 is 14.9 Å². The minimum absolute atomic E-state index is 0.0113. The van der Waals surface area contributed by atoms with Gasteiger partial charge in [0.2, 0.25) is 5.43 Å². The number of methoxy groups -OCH3 is 3. The third-order valence-corrected chi connectivity index (χ3v) is 8.59. The average Bonchev–Trinajstić information content (AvgIpc) is 2.98. The fourth-order valence-electron chi connectivity index (χ4n) is 6.43. The van der Waals surface area contributed by atoms with Crippen LogP contribution in [0.4, 0.5) is 0 Å². The van der Waals surface area contributed by atoms with Crippen LogP contribution in [0.25, 0.3) is 33.1 Å². The monoisotopic (exact) mass is 613 g/mol. The van der Waals surface area contributed by atoms with E-state index in [4.69, 9.17) is 39.7 Å². The van der Waals surface area contributed by atoms with Crippen molar-refractivity contribution in [2.24, 2.45) is 0 Å². The molecule has 0 saturated carbocycles. The smallest absolute Gasteiger partial charge is 0.259 e. The molecule has 42 heavy (non-hydrogen) atoms. The molecule has 3 aromatic carbocycles. The summed E-state index contributed by atoms with van der Waals surface area (Å²) in [7, 11) is 5.61. The molecule has 3 N–H and O–H groups in total. The Morgan fingerprint density at radius 1 is 1.17 bits per heavy atom. The number of ether oxygens (including phenoxy) is 5. The molecule has 3 aliphatic rings. The van der Waals surface area contributed by atoms with E-state index in [2.05, 4.69) is 0 Å². The Bertz CT molecular complexity index is 1920. The van der Waals surface area contributed by atoms with Gasteiger partial charge in [-0.3, -0.25) is 9.59 Å². The van der Waals surface area contributed by atoms with Gasteiger partial charge in [0.05, 0.1) is 23.1 Å². The summed E-state index contributed by atoms with van der Waals surface area (Å²) in [4.78, 5) is 28.5. The summed E-state index contributed by atoms with van der Waals surface area (Å²) in [6, 6.07) is 4.46. The van der Waals surface area contributed by atoms with E-state index < -0.39 is 47.4 Å². The molecule has 0 unspecified atom stereocenters. The quantitative estimate of drug-likeness (QED) is 0.227. The summed E-state index contributed by atoms with van der Waals surface area (Å²) in [5.74, 6) is -1.45. The van der Waals surface area contributed by atoms with Crippen molar-refractivity contribution in [3.05, 3.63) is 55.7 Å². The molecule has 12 nitrogen and oxygen atoms in total.